The molecule has 0 saturated heterocycles. The summed E-state index contributed by atoms with van der Waals surface area (Å²) < 4.78 is 25.0. The van der Waals surface area contributed by atoms with E-state index in [1.165, 1.54) is 32.1 Å². The summed E-state index contributed by atoms with van der Waals surface area (Å²) >= 11 is 0. The van der Waals surface area contributed by atoms with Crippen molar-refractivity contribution in [2.24, 2.45) is 5.92 Å². The molecule has 0 bridgehead atoms. The first kappa shape index (κ1) is 39.0. The highest BCUT2D eigenvalue weighted by atomic mass is 16.6. The van der Waals surface area contributed by atoms with Crippen LogP contribution in [0.1, 0.15) is 77.3 Å². The van der Waals surface area contributed by atoms with E-state index < -0.39 is 18.1 Å². The van der Waals surface area contributed by atoms with Crippen molar-refractivity contribution in [3.63, 3.8) is 0 Å². The first-order valence-corrected chi connectivity index (χ1v) is 20.4. The number of aliphatic carboxylic acids is 1. The van der Waals surface area contributed by atoms with Gasteiger partial charge in [-0.2, -0.15) is 0 Å². The molecule has 2 aliphatic heterocycles. The smallest absolute Gasteiger partial charge is 0.326 e. The lowest BCUT2D eigenvalue weighted by Crippen LogP contribution is -2.54. The number of amides is 1. The molecule has 2 N–H and O–H groups in total. The van der Waals surface area contributed by atoms with Gasteiger partial charge in [0.05, 0.1) is 12.6 Å². The maximum atomic E-state index is 14.2. The molecule has 300 valence electrons. The molecule has 58 heavy (non-hydrogen) atoms. The maximum absolute atomic E-state index is 14.2. The molecule has 1 fully saturated rings. The quantitative estimate of drug-likeness (QED) is 0.121. The van der Waals surface area contributed by atoms with E-state index in [4.69, 9.17) is 18.9 Å². The van der Waals surface area contributed by atoms with Crippen molar-refractivity contribution >= 4 is 11.9 Å². The zero-order chi connectivity index (χ0) is 40.0. The third kappa shape index (κ3) is 9.29. The predicted octanol–water partition coefficient (Wildman–Crippen LogP) is 8.70. The minimum absolute atomic E-state index is 0.118. The number of carbonyl (C=O) groups is 2. The van der Waals surface area contributed by atoms with Crippen molar-refractivity contribution in [2.45, 2.75) is 90.1 Å². The largest absolute Gasteiger partial charge is 0.493 e. The zero-order valence-corrected chi connectivity index (χ0v) is 33.2. The number of carbonyl (C=O) groups excluding carboxylic acids is 1. The summed E-state index contributed by atoms with van der Waals surface area (Å²) in [6, 6.07) is 29.5. The second-order valence-electron chi connectivity index (χ2n) is 15.8. The van der Waals surface area contributed by atoms with Crippen LogP contribution in [0.3, 0.4) is 0 Å². The van der Waals surface area contributed by atoms with E-state index in [0.29, 0.717) is 55.0 Å². The summed E-state index contributed by atoms with van der Waals surface area (Å²) in [5, 5.41) is 13.2. The van der Waals surface area contributed by atoms with Gasteiger partial charge in [-0.05, 0) is 109 Å². The van der Waals surface area contributed by atoms with Crippen LogP contribution in [0.2, 0.25) is 0 Å². The van der Waals surface area contributed by atoms with Crippen LogP contribution in [-0.2, 0) is 35.5 Å². The second-order valence-corrected chi connectivity index (χ2v) is 15.8. The van der Waals surface area contributed by atoms with Crippen molar-refractivity contribution < 1.29 is 33.6 Å². The number of nitrogens with zero attached hydrogens (tertiary/aromatic N) is 2. The van der Waals surface area contributed by atoms with Gasteiger partial charge in [-0.25, -0.2) is 4.79 Å². The number of aromatic nitrogens is 1. The fourth-order valence-electron chi connectivity index (χ4n) is 8.21. The van der Waals surface area contributed by atoms with Gasteiger partial charge in [-0.3, -0.25) is 14.7 Å². The van der Waals surface area contributed by atoms with Gasteiger partial charge in [0.2, 0.25) is 5.91 Å². The Balaban J connectivity index is 0.947. The van der Waals surface area contributed by atoms with Crippen LogP contribution in [0, 0.1) is 19.8 Å². The first-order chi connectivity index (χ1) is 28.3. The molecule has 3 atom stereocenters. The average molecular weight is 782 g/mol. The first-order valence-electron chi connectivity index (χ1n) is 20.4. The molecule has 5 aromatic rings. The minimum Gasteiger partial charge on any atom is -0.493 e. The molecule has 10 nitrogen and oxygen atoms in total. The van der Waals surface area contributed by atoms with Crippen molar-refractivity contribution in [1.82, 2.24) is 15.2 Å². The van der Waals surface area contributed by atoms with Crippen LogP contribution in [0.25, 0.3) is 0 Å². The maximum Gasteiger partial charge on any atom is 0.326 e. The Morgan fingerprint density at radius 3 is 2.38 bits per heavy atom. The molecular formula is C48H51N3O7. The fourth-order valence-corrected chi connectivity index (χ4v) is 8.21. The van der Waals surface area contributed by atoms with Crippen LogP contribution < -0.4 is 24.3 Å². The third-order valence-electron chi connectivity index (χ3n) is 11.8. The molecule has 10 heteroatoms. The predicted molar refractivity (Wildman–Crippen MR) is 220 cm³/mol. The van der Waals surface area contributed by atoms with Crippen molar-refractivity contribution in [3.05, 3.63) is 142 Å². The van der Waals surface area contributed by atoms with E-state index in [2.05, 4.69) is 27.3 Å². The molecule has 1 aliphatic carbocycles. The summed E-state index contributed by atoms with van der Waals surface area (Å²) in [5.74, 6) is 2.73. The lowest BCUT2D eigenvalue weighted by Gasteiger charge is -2.37. The number of fused-ring (bicyclic) bond motifs is 2. The average Bonchev–Trinajstić information content (AvgIpc) is 3.24. The number of pyridine rings is 1. The number of hydrogen-bond donors (Lipinski definition) is 2. The summed E-state index contributed by atoms with van der Waals surface area (Å²) in [5.41, 5.74) is 6.70. The highest BCUT2D eigenvalue weighted by Crippen LogP contribution is 2.41. The number of benzene rings is 4. The van der Waals surface area contributed by atoms with Crippen molar-refractivity contribution in [1.29, 1.82) is 0 Å². The molecule has 0 radical (unpaired) electrons. The number of carboxylic acid groups (broad SMARTS) is 1. The topological polar surface area (TPSA) is 119 Å². The monoisotopic (exact) mass is 781 g/mol. The molecular weight excluding hydrogens is 731 g/mol. The van der Waals surface area contributed by atoms with Crippen LogP contribution in [0.15, 0.2) is 103 Å². The Morgan fingerprint density at radius 1 is 0.879 bits per heavy atom. The van der Waals surface area contributed by atoms with E-state index in [-0.39, 0.29) is 18.4 Å². The number of aryl methyl sites for hydroxylation is 1. The van der Waals surface area contributed by atoms with Gasteiger partial charge in [0.25, 0.3) is 0 Å². The summed E-state index contributed by atoms with van der Waals surface area (Å²) in [4.78, 5) is 33.1. The van der Waals surface area contributed by atoms with E-state index in [1.807, 2.05) is 98.8 Å². The van der Waals surface area contributed by atoms with Gasteiger partial charge in [0, 0.05) is 37.0 Å². The molecule has 0 spiro atoms. The van der Waals surface area contributed by atoms with Gasteiger partial charge in [0.15, 0.2) is 17.6 Å². The van der Waals surface area contributed by atoms with Gasteiger partial charge in [-0.1, -0.05) is 73.9 Å². The second kappa shape index (κ2) is 17.7. The standard InChI is InChI=1S/C48H51N3O7/c1-31-32(2)49-22-21-43(31)57-40-17-13-33(14-18-40)23-41(48(53)54)50-47(52)42-24-37-25-44-45(26-38(37)28-51(42)27-34-9-5-3-6-10-34)58-46(30-56-44)36-15-19-39(20-16-36)55-29-35-11-7-4-8-12-35/h3,5-6,9-10,13-22,25-26,35,41-42,46H,4,7-8,11-12,23-24,27-30H2,1-2H3,(H,50,52)(H,53,54). The van der Waals surface area contributed by atoms with Gasteiger partial charge in [-0.15, -0.1) is 0 Å². The molecule has 4 aromatic carbocycles. The molecule has 1 saturated carbocycles. The zero-order valence-electron chi connectivity index (χ0n) is 33.2. The molecule has 1 aromatic heterocycles. The Hall–Kier alpha value is -5.87. The normalized spacial score (nSPS) is 18.4. The van der Waals surface area contributed by atoms with Gasteiger partial charge in [0.1, 0.15) is 29.9 Å². The van der Waals surface area contributed by atoms with Crippen LogP contribution in [0.5, 0.6) is 28.7 Å². The van der Waals surface area contributed by atoms with Gasteiger partial charge < -0.3 is 29.4 Å². The highest BCUT2D eigenvalue weighted by Gasteiger charge is 2.36. The van der Waals surface area contributed by atoms with Crippen molar-refractivity contribution in [3.8, 4) is 28.7 Å². The Bertz CT molecular complexity index is 2200. The summed E-state index contributed by atoms with van der Waals surface area (Å²) in [6.45, 7) is 6.00. The molecule has 3 unspecified atom stereocenters. The molecule has 3 heterocycles. The Kier molecular flexibility index (Phi) is 11.9. The summed E-state index contributed by atoms with van der Waals surface area (Å²) in [6.07, 6.45) is 8.37. The van der Waals surface area contributed by atoms with Crippen LogP contribution in [0.4, 0.5) is 0 Å². The molecule has 1 amide bonds. The number of nitrogens with one attached hydrogen (secondary N) is 1. The highest BCUT2D eigenvalue weighted by molar-refractivity contribution is 5.87. The van der Waals surface area contributed by atoms with E-state index >= 15 is 0 Å². The molecule has 3 aliphatic rings. The van der Waals surface area contributed by atoms with E-state index in [9.17, 15) is 14.7 Å². The minimum atomic E-state index is -1.13. The van der Waals surface area contributed by atoms with E-state index in [1.54, 1.807) is 6.20 Å². The number of ether oxygens (including phenoxy) is 4. The third-order valence-corrected chi connectivity index (χ3v) is 11.8. The van der Waals surface area contributed by atoms with Gasteiger partial charge >= 0.3 is 5.97 Å². The van der Waals surface area contributed by atoms with Crippen molar-refractivity contribution in [2.75, 3.05) is 13.2 Å². The number of hydrogen-bond acceptors (Lipinski definition) is 8. The Labute approximate surface area is 340 Å². The number of rotatable bonds is 13. The lowest BCUT2D eigenvalue weighted by molar-refractivity contribution is -0.142. The van der Waals surface area contributed by atoms with Crippen LogP contribution >= 0.6 is 0 Å². The van der Waals surface area contributed by atoms with Crippen LogP contribution in [-0.4, -0.2) is 52.2 Å². The summed E-state index contributed by atoms with van der Waals surface area (Å²) in [7, 11) is 0. The molecule has 8 rings (SSSR count). The number of carboxylic acids is 1. The fraction of sp³-hybridized carbons (Fsp3) is 0.354. The SMILES string of the molecule is Cc1nccc(Oc2ccc(CC(NC(=O)C3Cc4cc5c(cc4CN3Cc3ccccc3)OC(c3ccc(OCC4CCCCC4)cc3)CO5)C(=O)O)cc2)c1C. The lowest BCUT2D eigenvalue weighted by atomic mass is 9.90. The Morgan fingerprint density at radius 2 is 1.62 bits per heavy atom. The van der Waals surface area contributed by atoms with E-state index in [0.717, 1.165) is 51.4 Å².